The summed E-state index contributed by atoms with van der Waals surface area (Å²) >= 11 is 0. The molecule has 7 nitrogen and oxygen atoms in total. The number of carbonyl (C=O) groups excluding carboxylic acids is 2. The average molecular weight is 285 g/mol. The zero-order valence-electron chi connectivity index (χ0n) is 12.0. The number of hydrogen-bond donors (Lipinski definition) is 3. The second-order valence-electron chi connectivity index (χ2n) is 4.95. The SMILES string of the molecule is CCC[C@@H](NC(=O)N1CCCCC1C(=O)NC)C(=O)O. The normalized spacial score (nSPS) is 20.1. The van der Waals surface area contributed by atoms with E-state index in [9.17, 15) is 14.4 Å². The molecule has 0 aromatic rings. The molecule has 0 aromatic heterocycles. The third kappa shape index (κ3) is 4.11. The summed E-state index contributed by atoms with van der Waals surface area (Å²) in [5.74, 6) is -1.25. The van der Waals surface area contributed by atoms with Gasteiger partial charge in [0, 0.05) is 13.6 Å². The highest BCUT2D eigenvalue weighted by molar-refractivity contribution is 5.88. The number of nitrogens with zero attached hydrogens (tertiary/aromatic N) is 1. The van der Waals surface area contributed by atoms with Crippen molar-refractivity contribution in [1.82, 2.24) is 15.5 Å². The number of urea groups is 1. The van der Waals surface area contributed by atoms with Gasteiger partial charge in [0.15, 0.2) is 0 Å². The number of likely N-dealkylation sites (tertiary alicyclic amines) is 1. The first-order valence-corrected chi connectivity index (χ1v) is 7.02. The Morgan fingerprint density at radius 1 is 1.35 bits per heavy atom. The first-order valence-electron chi connectivity index (χ1n) is 7.02. The van der Waals surface area contributed by atoms with E-state index < -0.39 is 24.1 Å². The minimum Gasteiger partial charge on any atom is -0.480 e. The highest BCUT2D eigenvalue weighted by Crippen LogP contribution is 2.17. The van der Waals surface area contributed by atoms with E-state index in [1.54, 1.807) is 0 Å². The Balaban J connectivity index is 2.71. The maximum atomic E-state index is 12.2. The van der Waals surface area contributed by atoms with E-state index in [1.165, 1.54) is 11.9 Å². The van der Waals surface area contributed by atoms with Crippen molar-refractivity contribution >= 4 is 17.9 Å². The van der Waals surface area contributed by atoms with E-state index in [1.807, 2.05) is 6.92 Å². The highest BCUT2D eigenvalue weighted by Gasteiger charge is 2.33. The molecular formula is C13H23N3O4. The number of amides is 3. The molecule has 1 heterocycles. The standard InChI is InChI=1S/C13H23N3O4/c1-3-6-9(12(18)19)15-13(20)16-8-5-4-7-10(16)11(17)14-2/h9-10H,3-8H2,1-2H3,(H,14,17)(H,15,20)(H,18,19)/t9-,10?/m1/s1. The molecule has 1 saturated heterocycles. The fraction of sp³-hybridized carbons (Fsp3) is 0.769. The van der Waals surface area contributed by atoms with Crippen LogP contribution in [-0.4, -0.2) is 53.6 Å². The minimum atomic E-state index is -1.05. The number of likely N-dealkylation sites (N-methyl/N-ethyl adjacent to an activating group) is 1. The molecule has 1 aliphatic rings. The summed E-state index contributed by atoms with van der Waals surface area (Å²) in [6.07, 6.45) is 3.36. The molecule has 114 valence electrons. The van der Waals surface area contributed by atoms with Crippen molar-refractivity contribution in [1.29, 1.82) is 0 Å². The lowest BCUT2D eigenvalue weighted by atomic mass is 10.0. The molecule has 0 radical (unpaired) electrons. The minimum absolute atomic E-state index is 0.206. The fourth-order valence-electron chi connectivity index (χ4n) is 2.39. The van der Waals surface area contributed by atoms with E-state index in [0.29, 0.717) is 25.8 Å². The molecule has 1 fully saturated rings. The van der Waals surface area contributed by atoms with Crippen LogP contribution in [0.1, 0.15) is 39.0 Å². The molecule has 0 saturated carbocycles. The van der Waals surface area contributed by atoms with Gasteiger partial charge in [-0.15, -0.1) is 0 Å². The first-order chi connectivity index (χ1) is 9.51. The second kappa shape index (κ2) is 7.72. The number of carbonyl (C=O) groups is 3. The van der Waals surface area contributed by atoms with Gasteiger partial charge in [-0.2, -0.15) is 0 Å². The van der Waals surface area contributed by atoms with Gasteiger partial charge in [0.1, 0.15) is 12.1 Å². The van der Waals surface area contributed by atoms with Gasteiger partial charge in [0.2, 0.25) is 5.91 Å². The lowest BCUT2D eigenvalue weighted by Crippen LogP contribution is -2.56. The van der Waals surface area contributed by atoms with Crippen molar-refractivity contribution < 1.29 is 19.5 Å². The van der Waals surface area contributed by atoms with Gasteiger partial charge < -0.3 is 20.6 Å². The zero-order valence-corrected chi connectivity index (χ0v) is 12.0. The molecular weight excluding hydrogens is 262 g/mol. The molecule has 3 N–H and O–H groups in total. The molecule has 1 unspecified atom stereocenters. The quantitative estimate of drug-likeness (QED) is 0.687. The molecule has 1 rings (SSSR count). The molecule has 7 heteroatoms. The fourth-order valence-corrected chi connectivity index (χ4v) is 2.39. The Hall–Kier alpha value is -1.79. The van der Waals surface area contributed by atoms with Crippen LogP contribution in [0.4, 0.5) is 4.79 Å². The second-order valence-corrected chi connectivity index (χ2v) is 4.95. The Morgan fingerprint density at radius 3 is 2.60 bits per heavy atom. The predicted octanol–water partition coefficient (Wildman–Crippen LogP) is 0.550. The molecule has 0 bridgehead atoms. The maximum absolute atomic E-state index is 12.2. The average Bonchev–Trinajstić information content (AvgIpc) is 2.45. The summed E-state index contributed by atoms with van der Waals surface area (Å²) < 4.78 is 0. The number of hydrogen-bond acceptors (Lipinski definition) is 3. The maximum Gasteiger partial charge on any atom is 0.326 e. The lowest BCUT2D eigenvalue weighted by Gasteiger charge is -2.35. The molecule has 0 spiro atoms. The molecule has 0 aliphatic carbocycles. The summed E-state index contributed by atoms with van der Waals surface area (Å²) in [5.41, 5.74) is 0. The zero-order chi connectivity index (χ0) is 15.1. The topological polar surface area (TPSA) is 98.7 Å². The van der Waals surface area contributed by atoms with Gasteiger partial charge in [0.05, 0.1) is 0 Å². The number of carboxylic acids is 1. The number of nitrogens with one attached hydrogen (secondary N) is 2. The van der Waals surface area contributed by atoms with E-state index in [-0.39, 0.29) is 5.91 Å². The van der Waals surface area contributed by atoms with E-state index in [2.05, 4.69) is 10.6 Å². The van der Waals surface area contributed by atoms with Crippen LogP contribution in [0.15, 0.2) is 0 Å². The van der Waals surface area contributed by atoms with Crippen molar-refractivity contribution in [3.63, 3.8) is 0 Å². The Morgan fingerprint density at radius 2 is 2.05 bits per heavy atom. The number of carboxylic acid groups (broad SMARTS) is 1. The predicted molar refractivity (Wildman–Crippen MR) is 73.3 cm³/mol. The molecule has 1 aliphatic heterocycles. The van der Waals surface area contributed by atoms with Crippen LogP contribution in [0.5, 0.6) is 0 Å². The Bertz CT molecular complexity index is 373. The number of aliphatic carboxylic acids is 1. The van der Waals surface area contributed by atoms with Gasteiger partial charge >= 0.3 is 12.0 Å². The number of rotatable bonds is 5. The number of piperidine rings is 1. The van der Waals surface area contributed by atoms with Crippen molar-refractivity contribution in [3.05, 3.63) is 0 Å². The highest BCUT2D eigenvalue weighted by atomic mass is 16.4. The molecule has 20 heavy (non-hydrogen) atoms. The van der Waals surface area contributed by atoms with Gasteiger partial charge in [-0.05, 0) is 25.7 Å². The summed E-state index contributed by atoms with van der Waals surface area (Å²) in [7, 11) is 1.53. The van der Waals surface area contributed by atoms with Crippen LogP contribution >= 0.6 is 0 Å². The smallest absolute Gasteiger partial charge is 0.326 e. The monoisotopic (exact) mass is 285 g/mol. The Labute approximate surface area is 118 Å². The summed E-state index contributed by atoms with van der Waals surface area (Å²) in [5, 5.41) is 14.1. The third-order valence-corrected chi connectivity index (χ3v) is 3.49. The third-order valence-electron chi connectivity index (χ3n) is 3.49. The van der Waals surface area contributed by atoms with Gasteiger partial charge in [0.25, 0.3) is 0 Å². The van der Waals surface area contributed by atoms with Crippen LogP contribution < -0.4 is 10.6 Å². The van der Waals surface area contributed by atoms with Gasteiger partial charge in [-0.3, -0.25) is 4.79 Å². The van der Waals surface area contributed by atoms with Crippen molar-refractivity contribution in [2.24, 2.45) is 0 Å². The van der Waals surface area contributed by atoms with Crippen molar-refractivity contribution in [2.45, 2.75) is 51.1 Å². The van der Waals surface area contributed by atoms with Gasteiger partial charge in [-0.1, -0.05) is 13.3 Å². The summed E-state index contributed by atoms with van der Waals surface area (Å²) in [6.45, 7) is 2.33. The van der Waals surface area contributed by atoms with E-state index in [0.717, 1.165) is 12.8 Å². The molecule has 0 aromatic carbocycles. The summed E-state index contributed by atoms with van der Waals surface area (Å²) in [6, 6.07) is -1.89. The van der Waals surface area contributed by atoms with E-state index in [4.69, 9.17) is 5.11 Å². The Kier molecular flexibility index (Phi) is 6.27. The van der Waals surface area contributed by atoms with Crippen molar-refractivity contribution in [3.8, 4) is 0 Å². The van der Waals surface area contributed by atoms with Crippen LogP contribution in [0.2, 0.25) is 0 Å². The van der Waals surface area contributed by atoms with Crippen LogP contribution in [0.25, 0.3) is 0 Å². The molecule has 3 amide bonds. The summed E-state index contributed by atoms with van der Waals surface area (Å²) in [4.78, 5) is 36.5. The first kappa shape index (κ1) is 16.3. The van der Waals surface area contributed by atoms with Crippen LogP contribution in [0.3, 0.4) is 0 Å². The van der Waals surface area contributed by atoms with E-state index >= 15 is 0 Å². The van der Waals surface area contributed by atoms with Crippen LogP contribution in [-0.2, 0) is 9.59 Å². The molecule has 2 atom stereocenters. The van der Waals surface area contributed by atoms with Gasteiger partial charge in [-0.25, -0.2) is 9.59 Å². The largest absolute Gasteiger partial charge is 0.480 e. The van der Waals surface area contributed by atoms with Crippen molar-refractivity contribution in [2.75, 3.05) is 13.6 Å². The van der Waals surface area contributed by atoms with Crippen LogP contribution in [0, 0.1) is 0 Å². The lowest BCUT2D eigenvalue weighted by molar-refractivity contribution is -0.139.